The molecule has 1 N–H and O–H groups in total. The maximum atomic E-state index is 12.3. The third-order valence-corrected chi connectivity index (χ3v) is 3.62. The lowest BCUT2D eigenvalue weighted by molar-refractivity contribution is -0.384. The van der Waals surface area contributed by atoms with Crippen LogP contribution in [-0.2, 0) is 9.59 Å². The fourth-order valence-corrected chi connectivity index (χ4v) is 2.43. The number of amides is 1. The number of rotatable bonds is 5. The van der Waals surface area contributed by atoms with E-state index in [0.29, 0.717) is 25.5 Å². The van der Waals surface area contributed by atoms with Crippen LogP contribution in [0.3, 0.4) is 0 Å². The summed E-state index contributed by atoms with van der Waals surface area (Å²) in [4.78, 5) is 34.6. The Morgan fingerprint density at radius 3 is 2.72 bits per heavy atom. The van der Waals surface area contributed by atoms with E-state index in [2.05, 4.69) is 5.32 Å². The zero-order chi connectivity index (χ0) is 18.6. The Balaban J connectivity index is 2.05. The lowest BCUT2D eigenvalue weighted by atomic mass is 10.2. The third-order valence-electron chi connectivity index (χ3n) is 3.62. The summed E-state index contributed by atoms with van der Waals surface area (Å²) in [6.07, 6.45) is -2.65. The van der Waals surface area contributed by atoms with Gasteiger partial charge in [-0.1, -0.05) is 6.07 Å². The smallest absolute Gasteiger partial charge is 0.365 e. The first-order valence-corrected chi connectivity index (χ1v) is 7.29. The predicted octanol–water partition coefficient (Wildman–Crippen LogP) is 2.64. The summed E-state index contributed by atoms with van der Waals surface area (Å²) in [5.41, 5.74) is 0.0122. The van der Waals surface area contributed by atoms with Gasteiger partial charge in [-0.15, -0.1) is 0 Å². The van der Waals surface area contributed by atoms with Gasteiger partial charge in [-0.3, -0.25) is 19.7 Å². The van der Waals surface area contributed by atoms with E-state index in [4.69, 9.17) is 0 Å². The second-order valence-electron chi connectivity index (χ2n) is 5.37. The van der Waals surface area contributed by atoms with Crippen LogP contribution in [0.15, 0.2) is 36.5 Å². The largest absolute Gasteiger partial charge is 0.454 e. The quantitative estimate of drug-likeness (QED) is 0.497. The Morgan fingerprint density at radius 2 is 2.08 bits per heavy atom. The van der Waals surface area contributed by atoms with Crippen LogP contribution in [-0.4, -0.2) is 40.3 Å². The first kappa shape index (κ1) is 18.4. The van der Waals surface area contributed by atoms with Crippen LogP contribution in [0.1, 0.15) is 12.8 Å². The molecule has 0 bridgehead atoms. The molecule has 134 valence electrons. The lowest BCUT2D eigenvalue weighted by Crippen LogP contribution is -2.36. The molecule has 1 atom stereocenters. The van der Waals surface area contributed by atoms with E-state index >= 15 is 0 Å². The summed E-state index contributed by atoms with van der Waals surface area (Å²) in [6.45, 7) is 0.328. The van der Waals surface area contributed by atoms with E-state index in [1.165, 1.54) is 29.2 Å². The molecule has 1 heterocycles. The summed E-state index contributed by atoms with van der Waals surface area (Å²) in [7, 11) is 0. The van der Waals surface area contributed by atoms with Gasteiger partial charge in [0.25, 0.3) is 11.5 Å². The van der Waals surface area contributed by atoms with Crippen molar-refractivity contribution in [2.24, 2.45) is 0 Å². The summed E-state index contributed by atoms with van der Waals surface area (Å²) < 4.78 is 36.6. The molecule has 1 saturated heterocycles. The van der Waals surface area contributed by atoms with Crippen molar-refractivity contribution in [2.75, 3.05) is 11.9 Å². The standard InChI is InChI=1S/C15H14F3N3O4/c16-15(17,18)13(22)6-8-20-7-2-5-12(20)14(23)19-10-3-1-4-11(9-10)21(24)25/h1,3-4,6,8-9,12H,2,5,7H2,(H,19,23). The summed E-state index contributed by atoms with van der Waals surface area (Å²) in [5, 5.41) is 13.2. The van der Waals surface area contributed by atoms with Gasteiger partial charge in [-0.05, 0) is 18.9 Å². The minimum absolute atomic E-state index is 0.197. The summed E-state index contributed by atoms with van der Waals surface area (Å²) in [6, 6.07) is 4.56. The average molecular weight is 357 g/mol. The minimum Gasteiger partial charge on any atom is -0.365 e. The molecule has 10 heteroatoms. The monoisotopic (exact) mass is 357 g/mol. The number of carbonyl (C=O) groups is 2. The minimum atomic E-state index is -4.96. The first-order chi connectivity index (χ1) is 11.7. The average Bonchev–Trinajstić information content (AvgIpc) is 3.00. The normalized spacial score (nSPS) is 17.7. The number of benzene rings is 1. The third kappa shape index (κ3) is 4.78. The number of non-ortho nitro benzene ring substituents is 1. The number of halogens is 3. The lowest BCUT2D eigenvalue weighted by Gasteiger charge is -2.21. The van der Waals surface area contributed by atoms with Gasteiger partial charge in [-0.25, -0.2) is 0 Å². The molecular formula is C15H14F3N3O4. The molecule has 1 aromatic carbocycles. The second kappa shape index (κ2) is 7.32. The molecule has 2 rings (SSSR count). The van der Waals surface area contributed by atoms with Crippen LogP contribution >= 0.6 is 0 Å². The molecule has 25 heavy (non-hydrogen) atoms. The highest BCUT2D eigenvalue weighted by Gasteiger charge is 2.37. The molecule has 0 aromatic heterocycles. The van der Waals surface area contributed by atoms with E-state index in [9.17, 15) is 32.9 Å². The van der Waals surface area contributed by atoms with Gasteiger partial charge in [0.2, 0.25) is 5.91 Å². The number of allylic oxidation sites excluding steroid dienone is 1. The molecule has 1 unspecified atom stereocenters. The predicted molar refractivity (Wildman–Crippen MR) is 81.7 cm³/mol. The van der Waals surface area contributed by atoms with E-state index in [0.717, 1.165) is 6.20 Å². The van der Waals surface area contributed by atoms with E-state index in [1.54, 1.807) is 0 Å². The van der Waals surface area contributed by atoms with Gasteiger partial charge in [-0.2, -0.15) is 13.2 Å². The van der Waals surface area contributed by atoms with Gasteiger partial charge in [0.1, 0.15) is 6.04 Å². The number of ketones is 1. The molecule has 0 radical (unpaired) electrons. The molecule has 1 fully saturated rings. The van der Waals surface area contributed by atoms with Crippen LogP contribution in [0.2, 0.25) is 0 Å². The van der Waals surface area contributed by atoms with Gasteiger partial charge >= 0.3 is 6.18 Å². The Kier molecular flexibility index (Phi) is 5.40. The first-order valence-electron chi connectivity index (χ1n) is 7.29. The van der Waals surface area contributed by atoms with Crippen LogP contribution in [0.4, 0.5) is 24.5 Å². The molecule has 0 spiro atoms. The van der Waals surface area contributed by atoms with Crippen molar-refractivity contribution in [1.82, 2.24) is 4.90 Å². The molecule has 1 aliphatic rings. The Morgan fingerprint density at radius 1 is 1.36 bits per heavy atom. The van der Waals surface area contributed by atoms with Gasteiger partial charge in [0.05, 0.1) is 4.92 Å². The Bertz CT molecular complexity index is 718. The number of hydrogen-bond donors (Lipinski definition) is 1. The van der Waals surface area contributed by atoms with Crippen molar-refractivity contribution in [3.63, 3.8) is 0 Å². The molecule has 1 amide bonds. The van der Waals surface area contributed by atoms with Crippen LogP contribution in [0, 0.1) is 10.1 Å². The number of likely N-dealkylation sites (tertiary alicyclic amines) is 1. The fraction of sp³-hybridized carbons (Fsp3) is 0.333. The maximum absolute atomic E-state index is 12.3. The highest BCUT2D eigenvalue weighted by atomic mass is 19.4. The number of alkyl halides is 3. The van der Waals surface area contributed by atoms with Crippen molar-refractivity contribution < 1.29 is 27.7 Å². The van der Waals surface area contributed by atoms with Crippen molar-refractivity contribution >= 4 is 23.1 Å². The number of hydrogen-bond acceptors (Lipinski definition) is 5. The zero-order valence-corrected chi connectivity index (χ0v) is 12.8. The van der Waals surface area contributed by atoms with E-state index in [1.807, 2.05) is 0 Å². The van der Waals surface area contributed by atoms with Gasteiger partial charge in [0, 0.05) is 36.6 Å². The molecule has 1 aliphatic heterocycles. The molecule has 0 aliphatic carbocycles. The highest BCUT2D eigenvalue weighted by molar-refractivity contribution is 5.96. The zero-order valence-electron chi connectivity index (χ0n) is 12.8. The maximum Gasteiger partial charge on any atom is 0.454 e. The summed E-state index contributed by atoms with van der Waals surface area (Å²) >= 11 is 0. The Hall–Kier alpha value is -2.91. The molecule has 1 aromatic rings. The molecule has 7 nitrogen and oxygen atoms in total. The number of nitro groups is 1. The number of nitrogens with zero attached hydrogens (tertiary/aromatic N) is 2. The number of anilines is 1. The second-order valence-corrected chi connectivity index (χ2v) is 5.37. The van der Waals surface area contributed by atoms with Gasteiger partial charge < -0.3 is 10.2 Å². The van der Waals surface area contributed by atoms with E-state index in [-0.39, 0.29) is 11.4 Å². The summed E-state index contributed by atoms with van der Waals surface area (Å²) in [5.74, 6) is -2.51. The van der Waals surface area contributed by atoms with Crippen molar-refractivity contribution in [3.8, 4) is 0 Å². The van der Waals surface area contributed by atoms with E-state index < -0.39 is 28.8 Å². The fourth-order valence-electron chi connectivity index (χ4n) is 2.43. The number of nitrogens with one attached hydrogen (secondary N) is 1. The molecular weight excluding hydrogens is 343 g/mol. The van der Waals surface area contributed by atoms with Crippen LogP contribution < -0.4 is 5.32 Å². The number of nitro benzene ring substituents is 1. The van der Waals surface area contributed by atoms with Crippen LogP contribution in [0.25, 0.3) is 0 Å². The molecule has 0 saturated carbocycles. The number of carbonyl (C=O) groups excluding carboxylic acids is 2. The van der Waals surface area contributed by atoms with Crippen molar-refractivity contribution in [3.05, 3.63) is 46.7 Å². The highest BCUT2D eigenvalue weighted by Crippen LogP contribution is 2.22. The van der Waals surface area contributed by atoms with Crippen molar-refractivity contribution in [1.29, 1.82) is 0 Å². The Labute approximate surface area is 140 Å². The van der Waals surface area contributed by atoms with Crippen LogP contribution in [0.5, 0.6) is 0 Å². The van der Waals surface area contributed by atoms with Crippen molar-refractivity contribution in [2.45, 2.75) is 25.1 Å². The SMILES string of the molecule is O=C(Nc1cccc([N+](=O)[O-])c1)C1CCCN1C=CC(=O)C(F)(F)F. The topological polar surface area (TPSA) is 92.5 Å². The van der Waals surface area contributed by atoms with Gasteiger partial charge in [0.15, 0.2) is 0 Å².